The summed E-state index contributed by atoms with van der Waals surface area (Å²) >= 11 is 0. The van der Waals surface area contributed by atoms with Crippen LogP contribution in [0.1, 0.15) is 43.2 Å². The molecule has 0 aliphatic heterocycles. The second-order valence-electron chi connectivity index (χ2n) is 5.41. The van der Waals surface area contributed by atoms with Crippen LogP contribution in [0.15, 0.2) is 18.2 Å². The molecule has 1 aliphatic rings. The lowest BCUT2D eigenvalue weighted by Gasteiger charge is -2.22. The molecule has 0 unspecified atom stereocenters. The zero-order valence-electron chi connectivity index (χ0n) is 11.2. The van der Waals surface area contributed by atoms with Gasteiger partial charge in [0.1, 0.15) is 0 Å². The van der Waals surface area contributed by atoms with Crippen molar-refractivity contribution in [1.82, 2.24) is 0 Å². The van der Waals surface area contributed by atoms with Crippen molar-refractivity contribution in [2.75, 3.05) is 11.9 Å². The predicted molar refractivity (Wildman–Crippen MR) is 71.2 cm³/mol. The van der Waals surface area contributed by atoms with Gasteiger partial charge in [-0.05, 0) is 43.4 Å². The fourth-order valence-electron chi connectivity index (χ4n) is 2.69. The van der Waals surface area contributed by atoms with E-state index in [4.69, 9.17) is 0 Å². The lowest BCUT2D eigenvalue weighted by Crippen LogP contribution is -2.17. The Morgan fingerprint density at radius 2 is 1.84 bits per heavy atom. The molecule has 1 aromatic carbocycles. The molecule has 4 heteroatoms. The fourth-order valence-corrected chi connectivity index (χ4v) is 2.69. The number of aryl methyl sites for hydroxylation is 1. The van der Waals surface area contributed by atoms with Crippen LogP contribution in [0.2, 0.25) is 0 Å². The van der Waals surface area contributed by atoms with Gasteiger partial charge >= 0.3 is 6.18 Å². The van der Waals surface area contributed by atoms with Crippen molar-refractivity contribution >= 4 is 5.69 Å². The summed E-state index contributed by atoms with van der Waals surface area (Å²) in [5.74, 6) is 0.601. The lowest BCUT2D eigenvalue weighted by atomic mass is 9.89. The largest absolute Gasteiger partial charge is 0.416 e. The first-order valence-corrected chi connectivity index (χ1v) is 6.88. The molecule has 106 valence electrons. The van der Waals surface area contributed by atoms with E-state index in [-0.39, 0.29) is 5.56 Å². The van der Waals surface area contributed by atoms with Crippen molar-refractivity contribution < 1.29 is 13.2 Å². The maximum absolute atomic E-state index is 12.8. The van der Waals surface area contributed by atoms with Gasteiger partial charge in [0.05, 0.1) is 5.56 Å². The molecule has 1 N–H and O–H groups in total. The Hall–Kier alpha value is -1.19. The van der Waals surface area contributed by atoms with E-state index in [0.29, 0.717) is 11.6 Å². The standard InChI is InChI=1S/C15H20F3N/c1-11-7-8-13(9-14(11)15(16,17)18)19-10-12-5-3-2-4-6-12/h7-9,12,19H,2-6,10H2,1H3. The molecule has 1 nitrogen and oxygen atoms in total. The van der Waals surface area contributed by atoms with Gasteiger partial charge in [0, 0.05) is 12.2 Å². The maximum atomic E-state index is 12.8. The van der Waals surface area contributed by atoms with Gasteiger partial charge in [-0.1, -0.05) is 25.3 Å². The Morgan fingerprint density at radius 1 is 1.16 bits per heavy atom. The van der Waals surface area contributed by atoms with E-state index in [1.807, 2.05) is 0 Å². The van der Waals surface area contributed by atoms with Crippen LogP contribution in [0.25, 0.3) is 0 Å². The first-order chi connectivity index (χ1) is 8.97. The number of anilines is 1. The molecule has 0 saturated heterocycles. The molecule has 0 amide bonds. The van der Waals surface area contributed by atoms with Crippen molar-refractivity contribution in [1.29, 1.82) is 0 Å². The number of hydrogen-bond acceptors (Lipinski definition) is 1. The lowest BCUT2D eigenvalue weighted by molar-refractivity contribution is -0.138. The van der Waals surface area contributed by atoms with Crippen molar-refractivity contribution in [2.24, 2.45) is 5.92 Å². The highest BCUT2D eigenvalue weighted by Crippen LogP contribution is 2.33. The van der Waals surface area contributed by atoms with E-state index < -0.39 is 11.7 Å². The number of alkyl halides is 3. The van der Waals surface area contributed by atoms with Crippen molar-refractivity contribution in [3.05, 3.63) is 29.3 Å². The van der Waals surface area contributed by atoms with Crippen LogP contribution in [0.5, 0.6) is 0 Å². The summed E-state index contributed by atoms with van der Waals surface area (Å²) in [6.45, 7) is 2.27. The van der Waals surface area contributed by atoms with E-state index in [9.17, 15) is 13.2 Å². The summed E-state index contributed by atoms with van der Waals surface area (Å²) in [5, 5.41) is 3.15. The number of benzene rings is 1. The van der Waals surface area contributed by atoms with Crippen LogP contribution in [0.4, 0.5) is 18.9 Å². The van der Waals surface area contributed by atoms with E-state index in [2.05, 4.69) is 5.32 Å². The molecule has 1 saturated carbocycles. The molecular formula is C15H20F3N. The minimum Gasteiger partial charge on any atom is -0.385 e. The van der Waals surface area contributed by atoms with Crippen molar-refractivity contribution in [3.63, 3.8) is 0 Å². The highest BCUT2D eigenvalue weighted by molar-refractivity contribution is 5.49. The predicted octanol–water partition coefficient (Wildman–Crippen LogP) is 5.01. The zero-order chi connectivity index (χ0) is 13.9. The van der Waals surface area contributed by atoms with Gasteiger partial charge in [0.2, 0.25) is 0 Å². The summed E-state index contributed by atoms with van der Waals surface area (Å²) in [6, 6.07) is 4.48. The SMILES string of the molecule is Cc1ccc(NCC2CCCCC2)cc1C(F)(F)F. The zero-order valence-corrected chi connectivity index (χ0v) is 11.2. The summed E-state index contributed by atoms with van der Waals surface area (Å²) in [4.78, 5) is 0. The maximum Gasteiger partial charge on any atom is 0.416 e. The van der Waals surface area contributed by atoms with Gasteiger partial charge in [-0.2, -0.15) is 13.2 Å². The van der Waals surface area contributed by atoms with Gasteiger partial charge in [-0.25, -0.2) is 0 Å². The second kappa shape index (κ2) is 5.85. The quantitative estimate of drug-likeness (QED) is 0.815. The third-order valence-corrected chi connectivity index (χ3v) is 3.86. The Bertz CT molecular complexity index is 420. The van der Waals surface area contributed by atoms with Crippen molar-refractivity contribution in [3.8, 4) is 0 Å². The number of halogens is 3. The summed E-state index contributed by atoms with van der Waals surface area (Å²) in [7, 11) is 0. The molecular weight excluding hydrogens is 251 g/mol. The first-order valence-electron chi connectivity index (χ1n) is 6.88. The third kappa shape index (κ3) is 3.88. The molecule has 19 heavy (non-hydrogen) atoms. The smallest absolute Gasteiger partial charge is 0.385 e. The van der Waals surface area contributed by atoms with Crippen LogP contribution in [0.3, 0.4) is 0 Å². The van der Waals surface area contributed by atoms with E-state index in [1.54, 1.807) is 6.07 Å². The van der Waals surface area contributed by atoms with E-state index >= 15 is 0 Å². The fraction of sp³-hybridized carbons (Fsp3) is 0.600. The topological polar surface area (TPSA) is 12.0 Å². The molecule has 2 rings (SSSR count). The Morgan fingerprint density at radius 3 is 2.47 bits per heavy atom. The molecule has 1 aromatic rings. The van der Waals surface area contributed by atoms with Crippen LogP contribution >= 0.6 is 0 Å². The van der Waals surface area contributed by atoms with Crippen molar-refractivity contribution in [2.45, 2.75) is 45.2 Å². The molecule has 1 aliphatic carbocycles. The molecule has 1 fully saturated rings. The number of hydrogen-bond donors (Lipinski definition) is 1. The van der Waals surface area contributed by atoms with Crippen LogP contribution in [-0.4, -0.2) is 6.54 Å². The molecule has 0 aromatic heterocycles. The average molecular weight is 271 g/mol. The van der Waals surface area contributed by atoms with E-state index in [0.717, 1.165) is 6.54 Å². The highest BCUT2D eigenvalue weighted by atomic mass is 19.4. The Labute approximate surface area is 112 Å². The van der Waals surface area contributed by atoms with Gasteiger partial charge in [-0.3, -0.25) is 0 Å². The number of nitrogens with one attached hydrogen (secondary N) is 1. The summed E-state index contributed by atoms with van der Waals surface area (Å²) in [6.07, 6.45) is 1.88. The van der Waals surface area contributed by atoms with E-state index in [1.165, 1.54) is 51.2 Å². The Kier molecular flexibility index (Phi) is 4.38. The third-order valence-electron chi connectivity index (χ3n) is 3.86. The summed E-state index contributed by atoms with van der Waals surface area (Å²) < 4.78 is 38.4. The van der Waals surface area contributed by atoms with Gasteiger partial charge in [-0.15, -0.1) is 0 Å². The molecule has 0 atom stereocenters. The van der Waals surface area contributed by atoms with Crippen LogP contribution in [0, 0.1) is 12.8 Å². The second-order valence-corrected chi connectivity index (χ2v) is 5.41. The molecule has 0 bridgehead atoms. The average Bonchev–Trinajstić information content (AvgIpc) is 2.37. The molecule has 0 heterocycles. The van der Waals surface area contributed by atoms with Crippen LogP contribution in [-0.2, 0) is 6.18 Å². The van der Waals surface area contributed by atoms with Gasteiger partial charge < -0.3 is 5.32 Å². The first kappa shape index (κ1) is 14.2. The monoisotopic (exact) mass is 271 g/mol. The summed E-state index contributed by atoms with van der Waals surface area (Å²) in [5.41, 5.74) is 0.306. The normalized spacial score (nSPS) is 17.5. The minimum atomic E-state index is -4.27. The van der Waals surface area contributed by atoms with Crippen LogP contribution < -0.4 is 5.32 Å². The van der Waals surface area contributed by atoms with Gasteiger partial charge in [0.25, 0.3) is 0 Å². The highest BCUT2D eigenvalue weighted by Gasteiger charge is 2.32. The molecule has 0 radical (unpaired) electrons. The minimum absolute atomic E-state index is 0.274. The Balaban J connectivity index is 2.00. The molecule has 0 spiro atoms. The number of rotatable bonds is 3. The van der Waals surface area contributed by atoms with Gasteiger partial charge in [0.15, 0.2) is 0 Å².